The van der Waals surface area contributed by atoms with Gasteiger partial charge < -0.3 is 10.4 Å². The maximum absolute atomic E-state index is 12.1. The molecule has 2 N–H and O–H groups in total. The molecule has 2 aromatic carbocycles. The minimum atomic E-state index is -0.854. The third-order valence-electron chi connectivity index (χ3n) is 4.27. The van der Waals surface area contributed by atoms with Crippen LogP contribution in [0.1, 0.15) is 12.8 Å². The van der Waals surface area contributed by atoms with Crippen molar-refractivity contribution in [2.45, 2.75) is 18.9 Å². The Hall–Kier alpha value is -2.66. The van der Waals surface area contributed by atoms with Crippen LogP contribution in [0.3, 0.4) is 0 Å². The van der Waals surface area contributed by atoms with Gasteiger partial charge in [0.2, 0.25) is 5.91 Å². The van der Waals surface area contributed by atoms with Gasteiger partial charge in [-0.05, 0) is 42.6 Å². The van der Waals surface area contributed by atoms with E-state index in [0.717, 1.165) is 17.5 Å². The second kappa shape index (κ2) is 7.27. The van der Waals surface area contributed by atoms with Gasteiger partial charge >= 0.3 is 5.97 Å². The fourth-order valence-electron chi connectivity index (χ4n) is 3.06. The molecule has 0 aliphatic carbocycles. The zero-order valence-electron chi connectivity index (χ0n) is 13.3. The quantitative estimate of drug-likeness (QED) is 0.887. The Morgan fingerprint density at radius 3 is 2.38 bits per heavy atom. The van der Waals surface area contributed by atoms with Crippen LogP contribution in [0.4, 0.5) is 5.69 Å². The highest BCUT2D eigenvalue weighted by Gasteiger charge is 2.31. The number of hydrogen-bond acceptors (Lipinski definition) is 3. The summed E-state index contributed by atoms with van der Waals surface area (Å²) in [5.74, 6) is -1.04. The molecule has 0 saturated carbocycles. The lowest BCUT2D eigenvalue weighted by atomic mass is 10.1. The van der Waals surface area contributed by atoms with Gasteiger partial charge in [0.1, 0.15) is 6.04 Å². The molecule has 1 heterocycles. The number of nitrogens with one attached hydrogen (secondary N) is 1. The van der Waals surface area contributed by atoms with E-state index >= 15 is 0 Å². The van der Waals surface area contributed by atoms with Crippen molar-refractivity contribution in [1.29, 1.82) is 0 Å². The van der Waals surface area contributed by atoms with E-state index in [0.29, 0.717) is 18.7 Å². The normalized spacial score (nSPS) is 17.6. The van der Waals surface area contributed by atoms with Crippen LogP contribution in [0, 0.1) is 0 Å². The van der Waals surface area contributed by atoms with Gasteiger partial charge in [-0.25, -0.2) is 0 Å². The van der Waals surface area contributed by atoms with Crippen LogP contribution in [-0.4, -0.2) is 41.0 Å². The van der Waals surface area contributed by atoms with E-state index in [1.807, 2.05) is 54.6 Å². The number of hydrogen-bond donors (Lipinski definition) is 2. The molecule has 5 heteroatoms. The molecule has 0 bridgehead atoms. The van der Waals surface area contributed by atoms with Crippen molar-refractivity contribution in [2.75, 3.05) is 18.4 Å². The van der Waals surface area contributed by atoms with Gasteiger partial charge in [0.25, 0.3) is 0 Å². The molecule has 1 aliphatic rings. The van der Waals surface area contributed by atoms with Gasteiger partial charge in [0.15, 0.2) is 0 Å². The summed E-state index contributed by atoms with van der Waals surface area (Å²) in [6.45, 7) is 0.759. The van der Waals surface area contributed by atoms with E-state index in [1.54, 1.807) is 4.90 Å². The molecule has 1 atom stereocenters. The fraction of sp³-hybridized carbons (Fsp3) is 0.263. The molecule has 1 fully saturated rings. The van der Waals surface area contributed by atoms with E-state index < -0.39 is 12.0 Å². The molecule has 0 radical (unpaired) electrons. The van der Waals surface area contributed by atoms with Crippen molar-refractivity contribution < 1.29 is 14.7 Å². The monoisotopic (exact) mass is 324 g/mol. The van der Waals surface area contributed by atoms with E-state index in [4.69, 9.17) is 5.11 Å². The van der Waals surface area contributed by atoms with Gasteiger partial charge in [-0.3, -0.25) is 14.5 Å². The first kappa shape index (κ1) is 16.2. The molecule has 0 aromatic heterocycles. The molecule has 124 valence electrons. The van der Waals surface area contributed by atoms with Gasteiger partial charge in [-0.15, -0.1) is 0 Å². The van der Waals surface area contributed by atoms with Gasteiger partial charge in [-0.1, -0.05) is 42.5 Å². The molecular weight excluding hydrogens is 304 g/mol. The van der Waals surface area contributed by atoms with E-state index in [1.165, 1.54) is 0 Å². The number of carboxylic acids is 1. The lowest BCUT2D eigenvalue weighted by Gasteiger charge is -2.20. The van der Waals surface area contributed by atoms with Crippen molar-refractivity contribution in [2.24, 2.45) is 0 Å². The summed E-state index contributed by atoms with van der Waals surface area (Å²) in [7, 11) is 0. The highest BCUT2D eigenvalue weighted by Crippen LogP contribution is 2.21. The van der Waals surface area contributed by atoms with Crippen LogP contribution in [-0.2, 0) is 9.59 Å². The SMILES string of the molecule is O=C(CN1CCCC1C(=O)O)Nc1ccc(-c2ccccc2)cc1. The highest BCUT2D eigenvalue weighted by atomic mass is 16.4. The molecule has 2 aromatic rings. The smallest absolute Gasteiger partial charge is 0.320 e. The topological polar surface area (TPSA) is 69.6 Å². The first-order chi connectivity index (χ1) is 11.6. The predicted octanol–water partition coefficient (Wildman–Crippen LogP) is 2.84. The fourth-order valence-corrected chi connectivity index (χ4v) is 3.06. The second-order valence-corrected chi connectivity index (χ2v) is 5.96. The number of anilines is 1. The number of nitrogens with zero attached hydrogens (tertiary/aromatic N) is 1. The van der Waals surface area contributed by atoms with Crippen molar-refractivity contribution in [3.8, 4) is 11.1 Å². The zero-order valence-corrected chi connectivity index (χ0v) is 13.3. The van der Waals surface area contributed by atoms with E-state index in [-0.39, 0.29) is 12.5 Å². The van der Waals surface area contributed by atoms with E-state index in [9.17, 15) is 9.59 Å². The van der Waals surface area contributed by atoms with Crippen molar-refractivity contribution >= 4 is 17.6 Å². The summed E-state index contributed by atoms with van der Waals surface area (Å²) in [6.07, 6.45) is 1.42. The number of carboxylic acid groups (broad SMARTS) is 1. The number of likely N-dealkylation sites (tertiary alicyclic amines) is 1. The summed E-state index contributed by atoms with van der Waals surface area (Å²) in [6, 6.07) is 17.1. The first-order valence-electron chi connectivity index (χ1n) is 8.06. The van der Waals surface area contributed by atoms with Crippen LogP contribution in [0.25, 0.3) is 11.1 Å². The first-order valence-corrected chi connectivity index (χ1v) is 8.06. The molecule has 1 amide bonds. The average Bonchev–Trinajstić information content (AvgIpc) is 3.04. The summed E-state index contributed by atoms with van der Waals surface area (Å²) in [5.41, 5.74) is 2.92. The third kappa shape index (κ3) is 3.81. The molecular formula is C19H20N2O3. The van der Waals surface area contributed by atoms with Crippen LogP contribution >= 0.6 is 0 Å². The van der Waals surface area contributed by atoms with Crippen molar-refractivity contribution in [1.82, 2.24) is 4.90 Å². The Morgan fingerprint density at radius 2 is 1.71 bits per heavy atom. The zero-order chi connectivity index (χ0) is 16.9. The Balaban J connectivity index is 1.60. The van der Waals surface area contributed by atoms with Gasteiger partial charge in [0, 0.05) is 5.69 Å². The molecule has 5 nitrogen and oxygen atoms in total. The number of amides is 1. The number of benzene rings is 2. The highest BCUT2D eigenvalue weighted by molar-refractivity contribution is 5.93. The molecule has 3 rings (SSSR count). The number of rotatable bonds is 5. The van der Waals surface area contributed by atoms with Crippen LogP contribution < -0.4 is 5.32 Å². The van der Waals surface area contributed by atoms with Crippen LogP contribution in [0.2, 0.25) is 0 Å². The Morgan fingerprint density at radius 1 is 1.04 bits per heavy atom. The maximum Gasteiger partial charge on any atom is 0.320 e. The molecule has 1 aliphatic heterocycles. The Labute approximate surface area is 140 Å². The van der Waals surface area contributed by atoms with Gasteiger partial charge in [0.05, 0.1) is 6.54 Å². The summed E-state index contributed by atoms with van der Waals surface area (Å²) in [5, 5.41) is 12.0. The minimum absolute atomic E-state index is 0.109. The molecule has 1 saturated heterocycles. The standard InChI is InChI=1S/C19H20N2O3/c22-18(13-21-12-4-7-17(21)19(23)24)20-16-10-8-15(9-11-16)14-5-2-1-3-6-14/h1-3,5-6,8-11,17H,4,7,12-13H2,(H,20,22)(H,23,24). The molecule has 24 heavy (non-hydrogen) atoms. The summed E-state index contributed by atoms with van der Waals surface area (Å²) >= 11 is 0. The molecule has 1 unspecified atom stereocenters. The maximum atomic E-state index is 12.1. The second-order valence-electron chi connectivity index (χ2n) is 5.96. The number of aliphatic carboxylic acids is 1. The van der Waals surface area contributed by atoms with Crippen molar-refractivity contribution in [3.63, 3.8) is 0 Å². The third-order valence-corrected chi connectivity index (χ3v) is 4.27. The lowest BCUT2D eigenvalue weighted by molar-refractivity contribution is -0.142. The average molecular weight is 324 g/mol. The number of carbonyl (C=O) groups excluding carboxylic acids is 1. The Bertz CT molecular complexity index is 713. The predicted molar refractivity (Wildman–Crippen MR) is 92.7 cm³/mol. The van der Waals surface area contributed by atoms with E-state index in [2.05, 4.69) is 5.32 Å². The number of carbonyl (C=O) groups is 2. The minimum Gasteiger partial charge on any atom is -0.480 e. The largest absolute Gasteiger partial charge is 0.480 e. The Kier molecular flexibility index (Phi) is 4.91. The van der Waals surface area contributed by atoms with Gasteiger partial charge in [-0.2, -0.15) is 0 Å². The van der Waals surface area contributed by atoms with Crippen LogP contribution in [0.15, 0.2) is 54.6 Å². The van der Waals surface area contributed by atoms with Crippen molar-refractivity contribution in [3.05, 3.63) is 54.6 Å². The molecule has 0 spiro atoms. The lowest BCUT2D eigenvalue weighted by Crippen LogP contribution is -2.40. The summed E-state index contributed by atoms with van der Waals surface area (Å²) in [4.78, 5) is 25.0. The van der Waals surface area contributed by atoms with Crippen LogP contribution in [0.5, 0.6) is 0 Å². The summed E-state index contributed by atoms with van der Waals surface area (Å²) < 4.78 is 0.